The van der Waals surface area contributed by atoms with E-state index in [1.54, 1.807) is 0 Å². The Labute approximate surface area is 81.4 Å². The van der Waals surface area contributed by atoms with Crippen LogP contribution in [-0.2, 0) is 0 Å². The van der Waals surface area contributed by atoms with Crippen LogP contribution >= 0.6 is 0 Å². The van der Waals surface area contributed by atoms with E-state index in [0.717, 1.165) is 0 Å². The van der Waals surface area contributed by atoms with Crippen LogP contribution in [0.3, 0.4) is 0 Å². The van der Waals surface area contributed by atoms with Crippen molar-refractivity contribution >= 4 is 7.12 Å². The van der Waals surface area contributed by atoms with Crippen molar-refractivity contribution in [2.24, 2.45) is 0 Å². The van der Waals surface area contributed by atoms with E-state index in [2.05, 4.69) is 19.1 Å². The molecule has 0 aromatic heterocycles. The smallest absolute Gasteiger partial charge is 0.427 e. The summed E-state index contributed by atoms with van der Waals surface area (Å²) in [4.78, 5) is 0. The van der Waals surface area contributed by atoms with Crippen LogP contribution in [0.25, 0.3) is 0 Å². The van der Waals surface area contributed by atoms with Gasteiger partial charge in [0.1, 0.15) is 0 Å². The summed E-state index contributed by atoms with van der Waals surface area (Å²) in [6, 6.07) is 10.3. The molecule has 1 aromatic rings. The lowest BCUT2D eigenvalue weighted by Crippen LogP contribution is -2.00. The Balaban J connectivity index is 0. The van der Waals surface area contributed by atoms with E-state index in [9.17, 15) is 0 Å². The number of benzene rings is 1. The van der Waals surface area contributed by atoms with E-state index in [-0.39, 0.29) is 0 Å². The van der Waals surface area contributed by atoms with Crippen LogP contribution in [0.5, 0.6) is 0 Å². The zero-order chi connectivity index (χ0) is 10.7. The van der Waals surface area contributed by atoms with Gasteiger partial charge in [-0.15, -0.1) is 0 Å². The van der Waals surface area contributed by atoms with Crippen molar-refractivity contribution in [1.29, 1.82) is 0 Å². The second kappa shape index (κ2) is 11.2. The molecular weight excluding hydrogens is 163 g/mol. The summed E-state index contributed by atoms with van der Waals surface area (Å²) < 4.78 is 0. The minimum Gasteiger partial charge on any atom is -0.427 e. The summed E-state index contributed by atoms with van der Waals surface area (Å²) in [5.74, 6) is 0. The summed E-state index contributed by atoms with van der Waals surface area (Å²) in [7, 11) is -1.17. The second-order valence-corrected chi connectivity index (χ2v) is 2.29. The summed E-state index contributed by atoms with van der Waals surface area (Å²) in [6.07, 6.45) is 0. The average Bonchev–Trinajstić information content (AvgIpc) is 2.08. The van der Waals surface area contributed by atoms with Gasteiger partial charge in [0.2, 0.25) is 0 Å². The van der Waals surface area contributed by atoms with E-state index < -0.39 is 7.12 Å². The molecule has 0 fully saturated rings. The van der Waals surface area contributed by atoms with Gasteiger partial charge >= 0.3 is 7.12 Å². The SMILES string of the molecule is CB(O)O.CC.Cc1ccccc1. The summed E-state index contributed by atoms with van der Waals surface area (Å²) in [5.41, 5.74) is 1.32. The molecule has 0 unspecified atom stereocenters. The third-order valence-corrected chi connectivity index (χ3v) is 0.940. The van der Waals surface area contributed by atoms with Crippen LogP contribution < -0.4 is 0 Å². The van der Waals surface area contributed by atoms with Gasteiger partial charge in [-0.05, 0) is 13.7 Å². The molecule has 3 heteroatoms. The molecule has 74 valence electrons. The van der Waals surface area contributed by atoms with Crippen LogP contribution in [0.2, 0.25) is 6.82 Å². The Morgan fingerprint density at radius 1 is 1.00 bits per heavy atom. The molecule has 0 aliphatic rings. The normalized spacial score (nSPS) is 7.23. The topological polar surface area (TPSA) is 40.5 Å². The van der Waals surface area contributed by atoms with E-state index in [1.807, 2.05) is 32.0 Å². The number of rotatable bonds is 0. The van der Waals surface area contributed by atoms with Crippen LogP contribution in [0, 0.1) is 6.92 Å². The molecule has 0 aliphatic carbocycles. The lowest BCUT2D eigenvalue weighted by atomic mass is 9.99. The molecule has 0 radical (unpaired) electrons. The van der Waals surface area contributed by atoms with Gasteiger partial charge in [-0.2, -0.15) is 0 Å². The van der Waals surface area contributed by atoms with Crippen molar-refractivity contribution in [1.82, 2.24) is 0 Å². The first-order valence-corrected chi connectivity index (χ1v) is 4.50. The quantitative estimate of drug-likeness (QED) is 0.603. The summed E-state index contributed by atoms with van der Waals surface area (Å²) in [6.45, 7) is 7.36. The largest absolute Gasteiger partial charge is 0.448 e. The number of hydrogen-bond acceptors (Lipinski definition) is 2. The average molecular weight is 182 g/mol. The molecule has 1 rings (SSSR count). The lowest BCUT2D eigenvalue weighted by molar-refractivity contribution is 0.417. The Kier molecular flexibility index (Phi) is 12.7. The van der Waals surface area contributed by atoms with Gasteiger partial charge in [-0.25, -0.2) is 0 Å². The van der Waals surface area contributed by atoms with Crippen LogP contribution in [-0.4, -0.2) is 17.2 Å². The predicted molar refractivity (Wildman–Crippen MR) is 58.6 cm³/mol. The van der Waals surface area contributed by atoms with Crippen molar-refractivity contribution in [3.8, 4) is 0 Å². The van der Waals surface area contributed by atoms with E-state index in [4.69, 9.17) is 10.0 Å². The molecule has 13 heavy (non-hydrogen) atoms. The van der Waals surface area contributed by atoms with Gasteiger partial charge in [0.25, 0.3) is 0 Å². The summed E-state index contributed by atoms with van der Waals surface area (Å²) >= 11 is 0. The van der Waals surface area contributed by atoms with Crippen LogP contribution in [0.1, 0.15) is 19.4 Å². The minimum absolute atomic E-state index is 1.17. The maximum atomic E-state index is 7.61. The third kappa shape index (κ3) is 18.3. The standard InChI is InChI=1S/C7H8.C2H6.CH5BO2/c1-7-5-3-2-4-6-7;1-2;1-2(3)4/h2-6H,1H3;1-2H3;3-4H,1H3. The highest BCUT2D eigenvalue weighted by molar-refractivity contribution is 6.38. The Morgan fingerprint density at radius 2 is 1.31 bits per heavy atom. The second-order valence-electron chi connectivity index (χ2n) is 2.29. The molecule has 1 aromatic carbocycles. The number of hydrogen-bond donors (Lipinski definition) is 2. The molecule has 0 atom stereocenters. The monoisotopic (exact) mass is 182 g/mol. The lowest BCUT2D eigenvalue weighted by Gasteiger charge is -1.82. The molecule has 0 heterocycles. The highest BCUT2D eigenvalue weighted by Gasteiger charge is 1.86. The highest BCUT2D eigenvalue weighted by Crippen LogP contribution is 1.92. The molecular formula is C10H19BO2. The fourth-order valence-corrected chi connectivity index (χ4v) is 0.534. The van der Waals surface area contributed by atoms with Crippen LogP contribution in [0.15, 0.2) is 30.3 Å². The Bertz CT molecular complexity index is 173. The fraction of sp³-hybridized carbons (Fsp3) is 0.400. The van der Waals surface area contributed by atoms with Gasteiger partial charge in [-0.3, -0.25) is 0 Å². The van der Waals surface area contributed by atoms with Gasteiger partial charge in [-0.1, -0.05) is 49.7 Å². The van der Waals surface area contributed by atoms with Crippen molar-refractivity contribution in [3.63, 3.8) is 0 Å². The molecule has 0 saturated carbocycles. The first-order chi connectivity index (χ1) is 6.13. The third-order valence-electron chi connectivity index (χ3n) is 0.940. The van der Waals surface area contributed by atoms with Crippen molar-refractivity contribution in [2.75, 3.05) is 0 Å². The van der Waals surface area contributed by atoms with E-state index in [0.29, 0.717) is 0 Å². The molecule has 0 bridgehead atoms. The van der Waals surface area contributed by atoms with Crippen molar-refractivity contribution in [3.05, 3.63) is 35.9 Å². The maximum absolute atomic E-state index is 7.61. The zero-order valence-corrected chi connectivity index (χ0v) is 8.86. The van der Waals surface area contributed by atoms with Gasteiger partial charge < -0.3 is 10.0 Å². The van der Waals surface area contributed by atoms with Crippen molar-refractivity contribution in [2.45, 2.75) is 27.6 Å². The van der Waals surface area contributed by atoms with Gasteiger partial charge in [0.15, 0.2) is 0 Å². The van der Waals surface area contributed by atoms with Crippen molar-refractivity contribution < 1.29 is 10.0 Å². The van der Waals surface area contributed by atoms with E-state index >= 15 is 0 Å². The number of aryl methyl sites for hydroxylation is 1. The maximum Gasteiger partial charge on any atom is 0.448 e. The highest BCUT2D eigenvalue weighted by atomic mass is 16.4. The van der Waals surface area contributed by atoms with Gasteiger partial charge in [0, 0.05) is 0 Å². The molecule has 0 amide bonds. The molecule has 2 nitrogen and oxygen atoms in total. The van der Waals surface area contributed by atoms with E-state index in [1.165, 1.54) is 12.4 Å². The molecule has 0 saturated heterocycles. The summed E-state index contributed by atoms with van der Waals surface area (Å²) in [5, 5.41) is 15.2. The molecule has 2 N–H and O–H groups in total. The predicted octanol–water partition coefficient (Wildman–Crippen LogP) is 2.11. The van der Waals surface area contributed by atoms with Gasteiger partial charge in [0.05, 0.1) is 0 Å². The first-order valence-electron chi connectivity index (χ1n) is 4.50. The molecule has 0 spiro atoms. The minimum atomic E-state index is -1.17. The molecule has 0 aliphatic heterocycles. The zero-order valence-electron chi connectivity index (χ0n) is 8.86. The Morgan fingerprint density at radius 3 is 1.46 bits per heavy atom. The fourth-order valence-electron chi connectivity index (χ4n) is 0.534. The van der Waals surface area contributed by atoms with Crippen LogP contribution in [0.4, 0.5) is 0 Å². The Hall–Kier alpha value is -0.795. The first kappa shape index (κ1) is 14.7.